The van der Waals surface area contributed by atoms with E-state index < -0.39 is 17.6 Å². The first kappa shape index (κ1) is 16.2. The normalized spacial score (nSPS) is 11.5. The average Bonchev–Trinajstić information content (AvgIpc) is 2.83. The van der Waals surface area contributed by atoms with E-state index in [1.165, 1.54) is 0 Å². The van der Waals surface area contributed by atoms with Gasteiger partial charge in [0, 0.05) is 19.2 Å². The largest absolute Gasteiger partial charge is 0.417 e. The number of carbonyl (C=O) groups excluding carboxylic acids is 1. The Kier molecular flexibility index (Phi) is 4.65. The Morgan fingerprint density at radius 2 is 2.18 bits per heavy atom. The Labute approximate surface area is 127 Å². The molecule has 2 aromatic heterocycles. The quantitative estimate of drug-likeness (QED) is 0.928. The van der Waals surface area contributed by atoms with Gasteiger partial charge in [-0.25, -0.2) is 4.98 Å². The highest BCUT2D eigenvalue weighted by Gasteiger charge is 2.32. The van der Waals surface area contributed by atoms with E-state index in [1.54, 1.807) is 6.92 Å². The third kappa shape index (κ3) is 3.94. The topological polar surface area (TPSA) is 80.9 Å². The van der Waals surface area contributed by atoms with Crippen molar-refractivity contribution in [1.29, 1.82) is 0 Å². The molecule has 0 atom stereocenters. The molecule has 0 bridgehead atoms. The molecule has 0 unspecified atom stereocenters. The SMILES string of the molecule is Cc1noc(CCNC(=O)c2ncc(C(F)(F)F)cc2Cl)n1. The summed E-state index contributed by atoms with van der Waals surface area (Å²) in [4.78, 5) is 19.2. The van der Waals surface area contributed by atoms with E-state index in [0.29, 0.717) is 24.0 Å². The van der Waals surface area contributed by atoms with E-state index in [-0.39, 0.29) is 23.7 Å². The molecule has 6 nitrogen and oxygen atoms in total. The van der Waals surface area contributed by atoms with Crippen molar-refractivity contribution < 1.29 is 22.5 Å². The number of carbonyl (C=O) groups is 1. The van der Waals surface area contributed by atoms with Crippen LogP contribution >= 0.6 is 11.6 Å². The van der Waals surface area contributed by atoms with E-state index in [9.17, 15) is 18.0 Å². The molecule has 0 spiro atoms. The van der Waals surface area contributed by atoms with Crippen LogP contribution in [0.25, 0.3) is 0 Å². The van der Waals surface area contributed by atoms with Crippen LogP contribution < -0.4 is 5.32 Å². The Balaban J connectivity index is 1.97. The monoisotopic (exact) mass is 334 g/mol. The van der Waals surface area contributed by atoms with Crippen molar-refractivity contribution in [2.75, 3.05) is 6.54 Å². The third-order valence-corrected chi connectivity index (χ3v) is 2.87. The fourth-order valence-corrected chi connectivity index (χ4v) is 1.82. The van der Waals surface area contributed by atoms with Gasteiger partial charge in [-0.1, -0.05) is 16.8 Å². The number of hydrogen-bond acceptors (Lipinski definition) is 5. The second-order valence-electron chi connectivity index (χ2n) is 4.29. The van der Waals surface area contributed by atoms with Gasteiger partial charge >= 0.3 is 6.18 Å². The van der Waals surface area contributed by atoms with Gasteiger partial charge in [0.1, 0.15) is 5.69 Å². The molecule has 0 fully saturated rings. The lowest BCUT2D eigenvalue weighted by Gasteiger charge is -2.09. The van der Waals surface area contributed by atoms with Crippen molar-refractivity contribution in [3.05, 3.63) is 40.3 Å². The summed E-state index contributed by atoms with van der Waals surface area (Å²) < 4.78 is 42.3. The minimum atomic E-state index is -4.57. The van der Waals surface area contributed by atoms with Crippen LogP contribution in [0.2, 0.25) is 5.02 Å². The predicted molar refractivity (Wildman–Crippen MR) is 69.3 cm³/mol. The summed E-state index contributed by atoms with van der Waals surface area (Å²) in [5, 5.41) is 5.67. The first-order chi connectivity index (χ1) is 10.3. The third-order valence-electron chi connectivity index (χ3n) is 2.58. The van der Waals surface area contributed by atoms with Crippen molar-refractivity contribution in [3.8, 4) is 0 Å². The van der Waals surface area contributed by atoms with Crippen LogP contribution in [0.4, 0.5) is 13.2 Å². The minimum Gasteiger partial charge on any atom is -0.350 e. The zero-order valence-corrected chi connectivity index (χ0v) is 12.0. The molecule has 1 amide bonds. The molecule has 118 valence electrons. The number of amides is 1. The Hall–Kier alpha value is -2.16. The molecular weight excluding hydrogens is 325 g/mol. The summed E-state index contributed by atoms with van der Waals surface area (Å²) in [6, 6.07) is 0.658. The maximum Gasteiger partial charge on any atom is 0.417 e. The highest BCUT2D eigenvalue weighted by molar-refractivity contribution is 6.33. The number of aromatic nitrogens is 3. The number of nitrogens with zero attached hydrogens (tertiary/aromatic N) is 3. The smallest absolute Gasteiger partial charge is 0.350 e. The van der Waals surface area contributed by atoms with E-state index in [0.717, 1.165) is 0 Å². The number of halogens is 4. The van der Waals surface area contributed by atoms with E-state index in [2.05, 4.69) is 20.4 Å². The fourth-order valence-electron chi connectivity index (χ4n) is 1.57. The zero-order chi connectivity index (χ0) is 16.3. The molecule has 0 radical (unpaired) electrons. The van der Waals surface area contributed by atoms with Crippen molar-refractivity contribution in [2.24, 2.45) is 0 Å². The lowest BCUT2D eigenvalue weighted by atomic mass is 10.2. The van der Waals surface area contributed by atoms with Gasteiger partial charge in [0.15, 0.2) is 5.82 Å². The van der Waals surface area contributed by atoms with Gasteiger partial charge in [-0.3, -0.25) is 4.79 Å². The van der Waals surface area contributed by atoms with Crippen LogP contribution in [-0.2, 0) is 12.6 Å². The number of alkyl halides is 3. The van der Waals surface area contributed by atoms with Crippen LogP contribution in [0.15, 0.2) is 16.8 Å². The van der Waals surface area contributed by atoms with Crippen molar-refractivity contribution >= 4 is 17.5 Å². The van der Waals surface area contributed by atoms with Crippen LogP contribution in [0.3, 0.4) is 0 Å². The predicted octanol–water partition coefficient (Wildman–Crippen LogP) is 2.42. The fraction of sp³-hybridized carbons (Fsp3) is 0.333. The van der Waals surface area contributed by atoms with Gasteiger partial charge in [0.2, 0.25) is 5.89 Å². The summed E-state index contributed by atoms with van der Waals surface area (Å²) in [6.45, 7) is 1.80. The molecule has 0 saturated heterocycles. The number of aryl methyl sites for hydroxylation is 1. The van der Waals surface area contributed by atoms with Gasteiger partial charge in [0.25, 0.3) is 5.91 Å². The number of rotatable bonds is 4. The molecule has 0 aliphatic carbocycles. The van der Waals surface area contributed by atoms with Crippen molar-refractivity contribution in [3.63, 3.8) is 0 Å². The summed E-state index contributed by atoms with van der Waals surface area (Å²) in [5.74, 6) is 0.119. The summed E-state index contributed by atoms with van der Waals surface area (Å²) in [5.41, 5.74) is -1.30. The van der Waals surface area contributed by atoms with E-state index in [4.69, 9.17) is 16.1 Å². The molecule has 2 aromatic rings. The molecule has 2 rings (SSSR count). The standard InChI is InChI=1S/C12H10ClF3N4O2/c1-6-19-9(22-20-6)2-3-17-11(21)10-8(13)4-7(5-18-10)12(14,15)16/h4-5H,2-3H2,1H3,(H,17,21). The first-order valence-corrected chi connectivity index (χ1v) is 6.45. The first-order valence-electron chi connectivity index (χ1n) is 6.07. The maximum absolute atomic E-state index is 12.5. The lowest BCUT2D eigenvalue weighted by Crippen LogP contribution is -2.27. The summed E-state index contributed by atoms with van der Waals surface area (Å²) in [6.07, 6.45) is -3.73. The highest BCUT2D eigenvalue weighted by atomic mass is 35.5. The lowest BCUT2D eigenvalue weighted by molar-refractivity contribution is -0.137. The van der Waals surface area contributed by atoms with Gasteiger partial charge in [-0.15, -0.1) is 0 Å². The van der Waals surface area contributed by atoms with Gasteiger partial charge in [0.05, 0.1) is 10.6 Å². The number of pyridine rings is 1. The second-order valence-corrected chi connectivity index (χ2v) is 4.70. The van der Waals surface area contributed by atoms with E-state index >= 15 is 0 Å². The molecule has 2 heterocycles. The van der Waals surface area contributed by atoms with Crippen molar-refractivity contribution in [1.82, 2.24) is 20.4 Å². The molecule has 0 aromatic carbocycles. The molecule has 0 saturated carbocycles. The zero-order valence-electron chi connectivity index (χ0n) is 11.2. The molecule has 22 heavy (non-hydrogen) atoms. The minimum absolute atomic E-state index is 0.152. The average molecular weight is 335 g/mol. The highest BCUT2D eigenvalue weighted by Crippen LogP contribution is 2.30. The molecule has 10 heteroatoms. The number of hydrogen-bond donors (Lipinski definition) is 1. The number of nitrogens with one attached hydrogen (secondary N) is 1. The molecular formula is C12H10ClF3N4O2. The van der Waals surface area contributed by atoms with Gasteiger partial charge in [-0.05, 0) is 13.0 Å². The second kappa shape index (κ2) is 6.30. The van der Waals surface area contributed by atoms with Gasteiger partial charge < -0.3 is 9.84 Å². The van der Waals surface area contributed by atoms with Crippen LogP contribution in [-0.4, -0.2) is 27.6 Å². The molecule has 1 N–H and O–H groups in total. The van der Waals surface area contributed by atoms with Crippen molar-refractivity contribution in [2.45, 2.75) is 19.5 Å². The summed E-state index contributed by atoms with van der Waals surface area (Å²) >= 11 is 5.67. The Bertz CT molecular complexity index is 687. The summed E-state index contributed by atoms with van der Waals surface area (Å²) in [7, 11) is 0. The molecule has 0 aliphatic rings. The Morgan fingerprint density at radius 1 is 1.45 bits per heavy atom. The van der Waals surface area contributed by atoms with Crippen LogP contribution in [0, 0.1) is 6.92 Å². The molecule has 0 aliphatic heterocycles. The van der Waals surface area contributed by atoms with Gasteiger partial charge in [-0.2, -0.15) is 18.2 Å². The van der Waals surface area contributed by atoms with E-state index in [1.807, 2.05) is 0 Å². The maximum atomic E-state index is 12.5. The Morgan fingerprint density at radius 3 is 2.73 bits per heavy atom. The van der Waals surface area contributed by atoms with Crippen LogP contribution in [0.1, 0.15) is 27.8 Å². The van der Waals surface area contributed by atoms with Crippen LogP contribution in [0.5, 0.6) is 0 Å².